The molecule has 2 saturated heterocycles. The lowest BCUT2D eigenvalue weighted by atomic mass is 10.2. The highest BCUT2D eigenvalue weighted by Gasteiger charge is 2.36. The minimum atomic E-state index is -0.682. The first-order chi connectivity index (χ1) is 9.22. The molecule has 0 amide bonds. The van der Waals surface area contributed by atoms with Crippen LogP contribution in [0.15, 0.2) is 0 Å². The van der Waals surface area contributed by atoms with Crippen molar-refractivity contribution < 1.29 is 9.90 Å². The Morgan fingerprint density at radius 2 is 1.68 bits per heavy atom. The third-order valence-corrected chi connectivity index (χ3v) is 4.82. The lowest BCUT2D eigenvalue weighted by molar-refractivity contribution is -0.137. The number of hydrogen-bond donors (Lipinski definition) is 1. The predicted molar refractivity (Wildman–Crippen MR) is 73.3 cm³/mol. The highest BCUT2D eigenvalue weighted by molar-refractivity contribution is 5.66. The van der Waals surface area contributed by atoms with Crippen LogP contribution in [0.2, 0.25) is 0 Å². The Morgan fingerprint density at radius 1 is 0.947 bits per heavy atom. The molecule has 1 atom stereocenters. The van der Waals surface area contributed by atoms with Gasteiger partial charge in [-0.05, 0) is 19.3 Å². The molecule has 3 rings (SSSR count). The zero-order chi connectivity index (χ0) is 13.2. The average molecular weight is 267 g/mol. The summed E-state index contributed by atoms with van der Waals surface area (Å²) in [6, 6.07) is 1.66. The highest BCUT2D eigenvalue weighted by atomic mass is 16.4. The standard InChI is InChI=1S/C14H25N3O2/c18-14(19)4-5-15-7-9-16(10-8-15)13-3-6-17(11-13)12-1-2-12/h12-13H,1-11H2,(H,18,19). The summed E-state index contributed by atoms with van der Waals surface area (Å²) in [5.41, 5.74) is 0. The molecule has 19 heavy (non-hydrogen) atoms. The molecule has 0 radical (unpaired) electrons. The van der Waals surface area contributed by atoms with Crippen molar-refractivity contribution in [2.24, 2.45) is 0 Å². The van der Waals surface area contributed by atoms with Crippen molar-refractivity contribution in [2.45, 2.75) is 37.8 Å². The van der Waals surface area contributed by atoms with Crippen LogP contribution in [0, 0.1) is 0 Å². The van der Waals surface area contributed by atoms with Crippen molar-refractivity contribution >= 4 is 5.97 Å². The van der Waals surface area contributed by atoms with Gasteiger partial charge in [-0.3, -0.25) is 14.6 Å². The van der Waals surface area contributed by atoms with Crippen molar-refractivity contribution in [3.05, 3.63) is 0 Å². The Labute approximate surface area is 115 Å². The summed E-state index contributed by atoms with van der Waals surface area (Å²) in [6.45, 7) is 7.56. The fourth-order valence-corrected chi connectivity index (χ4v) is 3.44. The molecule has 1 saturated carbocycles. The van der Waals surface area contributed by atoms with Gasteiger partial charge in [-0.15, -0.1) is 0 Å². The van der Waals surface area contributed by atoms with Gasteiger partial charge in [-0.1, -0.05) is 0 Å². The van der Waals surface area contributed by atoms with E-state index in [-0.39, 0.29) is 6.42 Å². The van der Waals surface area contributed by atoms with E-state index >= 15 is 0 Å². The van der Waals surface area contributed by atoms with E-state index < -0.39 is 5.97 Å². The molecule has 0 aromatic heterocycles. The number of aliphatic carboxylic acids is 1. The number of carboxylic acids is 1. The van der Waals surface area contributed by atoms with Crippen molar-refractivity contribution in [1.82, 2.24) is 14.7 Å². The summed E-state index contributed by atoms with van der Waals surface area (Å²) in [5.74, 6) is -0.682. The second-order valence-corrected chi connectivity index (χ2v) is 6.19. The van der Waals surface area contributed by atoms with E-state index in [2.05, 4.69) is 14.7 Å². The largest absolute Gasteiger partial charge is 0.481 e. The zero-order valence-electron chi connectivity index (χ0n) is 11.6. The topological polar surface area (TPSA) is 47.0 Å². The van der Waals surface area contributed by atoms with Gasteiger partial charge in [0.15, 0.2) is 0 Å². The van der Waals surface area contributed by atoms with E-state index in [4.69, 9.17) is 5.11 Å². The molecule has 5 heteroatoms. The van der Waals surface area contributed by atoms with Crippen LogP contribution < -0.4 is 0 Å². The molecule has 0 aromatic carbocycles. The maximum Gasteiger partial charge on any atom is 0.304 e. The molecule has 1 aliphatic carbocycles. The van der Waals surface area contributed by atoms with E-state index in [9.17, 15) is 4.79 Å². The third kappa shape index (κ3) is 3.46. The molecule has 0 aromatic rings. The summed E-state index contributed by atoms with van der Waals surface area (Å²) in [4.78, 5) is 18.2. The second-order valence-electron chi connectivity index (χ2n) is 6.19. The van der Waals surface area contributed by atoms with E-state index in [0.29, 0.717) is 6.54 Å². The van der Waals surface area contributed by atoms with E-state index in [1.54, 1.807) is 0 Å². The fraction of sp³-hybridized carbons (Fsp3) is 0.929. The molecule has 1 unspecified atom stereocenters. The number of hydrogen-bond acceptors (Lipinski definition) is 4. The van der Waals surface area contributed by atoms with Gasteiger partial charge in [0.1, 0.15) is 0 Å². The van der Waals surface area contributed by atoms with Crippen molar-refractivity contribution in [1.29, 1.82) is 0 Å². The number of likely N-dealkylation sites (tertiary alicyclic amines) is 1. The van der Waals surface area contributed by atoms with E-state index in [1.807, 2.05) is 0 Å². The van der Waals surface area contributed by atoms with Gasteiger partial charge in [0.2, 0.25) is 0 Å². The predicted octanol–water partition coefficient (Wildman–Crippen LogP) is 0.315. The van der Waals surface area contributed by atoms with Crippen molar-refractivity contribution in [3.8, 4) is 0 Å². The number of piperazine rings is 1. The van der Waals surface area contributed by atoms with E-state index in [0.717, 1.165) is 38.3 Å². The molecule has 5 nitrogen and oxygen atoms in total. The lowest BCUT2D eigenvalue weighted by Gasteiger charge is -2.37. The minimum absolute atomic E-state index is 0.277. The monoisotopic (exact) mass is 267 g/mol. The first-order valence-electron chi connectivity index (χ1n) is 7.64. The average Bonchev–Trinajstić information content (AvgIpc) is 3.15. The number of carbonyl (C=O) groups is 1. The molecule has 108 valence electrons. The molecule has 3 fully saturated rings. The van der Waals surface area contributed by atoms with Gasteiger partial charge >= 0.3 is 5.97 Å². The third-order valence-electron chi connectivity index (χ3n) is 4.82. The maximum absolute atomic E-state index is 10.6. The van der Waals surface area contributed by atoms with Crippen LogP contribution in [0.5, 0.6) is 0 Å². The molecule has 0 bridgehead atoms. The van der Waals surface area contributed by atoms with Crippen molar-refractivity contribution in [2.75, 3.05) is 45.8 Å². The van der Waals surface area contributed by atoms with Crippen LogP contribution in [0.3, 0.4) is 0 Å². The number of carboxylic acid groups (broad SMARTS) is 1. The summed E-state index contributed by atoms with van der Waals surface area (Å²) in [6.07, 6.45) is 4.43. The normalized spacial score (nSPS) is 30.8. The number of rotatable bonds is 5. The van der Waals surface area contributed by atoms with Gasteiger partial charge in [0, 0.05) is 57.9 Å². The molecular formula is C14H25N3O2. The maximum atomic E-state index is 10.6. The highest BCUT2D eigenvalue weighted by Crippen LogP contribution is 2.31. The van der Waals surface area contributed by atoms with Crippen LogP contribution >= 0.6 is 0 Å². The Morgan fingerprint density at radius 3 is 2.32 bits per heavy atom. The SMILES string of the molecule is O=C(O)CCN1CCN(C2CCN(C3CC3)C2)CC1. The first-order valence-corrected chi connectivity index (χ1v) is 7.64. The Balaban J connectivity index is 1.39. The molecule has 1 N–H and O–H groups in total. The van der Waals surface area contributed by atoms with Crippen molar-refractivity contribution in [3.63, 3.8) is 0 Å². The second kappa shape index (κ2) is 5.77. The Bertz CT molecular complexity index is 325. The molecular weight excluding hydrogens is 242 g/mol. The van der Waals surface area contributed by atoms with Gasteiger partial charge in [-0.25, -0.2) is 0 Å². The van der Waals surface area contributed by atoms with Gasteiger partial charge in [0.25, 0.3) is 0 Å². The van der Waals surface area contributed by atoms with Gasteiger partial charge < -0.3 is 10.0 Å². The van der Waals surface area contributed by atoms with Crippen LogP contribution in [0.4, 0.5) is 0 Å². The molecule has 2 aliphatic heterocycles. The van der Waals surface area contributed by atoms with Gasteiger partial charge in [0.05, 0.1) is 6.42 Å². The fourth-order valence-electron chi connectivity index (χ4n) is 3.44. The summed E-state index contributed by atoms with van der Waals surface area (Å²) >= 11 is 0. The summed E-state index contributed by atoms with van der Waals surface area (Å²) in [5, 5.41) is 8.71. The Hall–Kier alpha value is -0.650. The minimum Gasteiger partial charge on any atom is -0.481 e. The zero-order valence-corrected chi connectivity index (χ0v) is 11.6. The summed E-state index contributed by atoms with van der Waals surface area (Å²) < 4.78 is 0. The quantitative estimate of drug-likeness (QED) is 0.777. The summed E-state index contributed by atoms with van der Waals surface area (Å²) in [7, 11) is 0. The van der Waals surface area contributed by atoms with E-state index in [1.165, 1.54) is 32.4 Å². The molecule has 3 aliphatic rings. The van der Waals surface area contributed by atoms with Gasteiger partial charge in [-0.2, -0.15) is 0 Å². The van der Waals surface area contributed by atoms with Crippen LogP contribution in [-0.2, 0) is 4.79 Å². The molecule has 2 heterocycles. The lowest BCUT2D eigenvalue weighted by Crippen LogP contribution is -2.51. The van der Waals surface area contributed by atoms with Crippen LogP contribution in [0.1, 0.15) is 25.7 Å². The smallest absolute Gasteiger partial charge is 0.304 e. The Kier molecular flexibility index (Phi) is 4.05. The van der Waals surface area contributed by atoms with Crippen LogP contribution in [-0.4, -0.2) is 83.7 Å². The van der Waals surface area contributed by atoms with Crippen LogP contribution in [0.25, 0.3) is 0 Å². The molecule has 0 spiro atoms. The first kappa shape index (κ1) is 13.3. The number of nitrogens with zero attached hydrogens (tertiary/aromatic N) is 3.